The van der Waals surface area contributed by atoms with Gasteiger partial charge < -0.3 is 15.0 Å². The number of methoxy groups -OCH3 is 1. The maximum absolute atomic E-state index is 11.2. The van der Waals surface area contributed by atoms with Crippen LogP contribution in [0.25, 0.3) is 0 Å². The van der Waals surface area contributed by atoms with Crippen LogP contribution in [0.4, 0.5) is 11.4 Å². The van der Waals surface area contributed by atoms with Crippen LogP contribution in [0, 0.1) is 10.1 Å². The zero-order valence-electron chi connectivity index (χ0n) is 12.7. The van der Waals surface area contributed by atoms with E-state index < -0.39 is 0 Å². The molecule has 6 heteroatoms. The van der Waals surface area contributed by atoms with E-state index in [1.165, 1.54) is 13.2 Å². The summed E-state index contributed by atoms with van der Waals surface area (Å²) < 4.78 is 5.06. The van der Waals surface area contributed by atoms with E-state index in [1.807, 2.05) is 0 Å². The number of nitro benzene ring substituents is 1. The van der Waals surface area contributed by atoms with E-state index >= 15 is 0 Å². The predicted molar refractivity (Wildman–Crippen MR) is 83.0 cm³/mol. The molecule has 116 valence electrons. The summed E-state index contributed by atoms with van der Waals surface area (Å²) in [6.45, 7) is 5.38. The average molecular weight is 293 g/mol. The van der Waals surface area contributed by atoms with Crippen LogP contribution in [-0.2, 0) is 0 Å². The van der Waals surface area contributed by atoms with E-state index in [4.69, 9.17) is 4.74 Å². The Kier molecular flexibility index (Phi) is 5.38. The molecule has 1 aromatic carbocycles. The summed E-state index contributed by atoms with van der Waals surface area (Å²) in [7, 11) is 1.51. The quantitative estimate of drug-likeness (QED) is 0.668. The topological polar surface area (TPSA) is 67.6 Å². The van der Waals surface area contributed by atoms with Crippen molar-refractivity contribution in [3.63, 3.8) is 0 Å². The number of nitrogens with one attached hydrogen (secondary N) is 1. The van der Waals surface area contributed by atoms with Gasteiger partial charge in [0.15, 0.2) is 0 Å². The van der Waals surface area contributed by atoms with Crippen molar-refractivity contribution in [3.05, 3.63) is 28.3 Å². The van der Waals surface area contributed by atoms with Gasteiger partial charge in [0.1, 0.15) is 11.4 Å². The smallest absolute Gasteiger partial charge is 0.296 e. The van der Waals surface area contributed by atoms with Gasteiger partial charge in [0, 0.05) is 12.6 Å². The molecule has 0 bridgehead atoms. The van der Waals surface area contributed by atoms with Crippen LogP contribution < -0.4 is 10.1 Å². The minimum Gasteiger partial charge on any atom is -0.496 e. The Labute approximate surface area is 125 Å². The summed E-state index contributed by atoms with van der Waals surface area (Å²) in [5.41, 5.74) is 0.654. The third-order valence-corrected chi connectivity index (χ3v) is 4.03. The fourth-order valence-electron chi connectivity index (χ4n) is 2.75. The Bertz CT molecular complexity index is 493. The average Bonchev–Trinajstić information content (AvgIpc) is 2.72. The first-order valence-electron chi connectivity index (χ1n) is 7.45. The number of nitrogens with zero attached hydrogens (tertiary/aromatic N) is 2. The lowest BCUT2D eigenvalue weighted by Gasteiger charge is -2.19. The number of hydrogen-bond donors (Lipinski definition) is 1. The molecule has 0 radical (unpaired) electrons. The Morgan fingerprint density at radius 3 is 2.90 bits per heavy atom. The molecule has 1 N–H and O–H groups in total. The van der Waals surface area contributed by atoms with Crippen molar-refractivity contribution in [1.82, 2.24) is 4.90 Å². The first kappa shape index (κ1) is 15.6. The molecule has 6 nitrogen and oxygen atoms in total. The van der Waals surface area contributed by atoms with Gasteiger partial charge in [0.25, 0.3) is 5.69 Å². The highest BCUT2D eigenvalue weighted by molar-refractivity contribution is 5.64. The van der Waals surface area contributed by atoms with Gasteiger partial charge in [0.2, 0.25) is 0 Å². The Morgan fingerprint density at radius 2 is 2.24 bits per heavy atom. The molecule has 1 heterocycles. The van der Waals surface area contributed by atoms with E-state index in [-0.39, 0.29) is 16.7 Å². The lowest BCUT2D eigenvalue weighted by molar-refractivity contribution is -0.384. The molecule has 1 aliphatic heterocycles. The third-order valence-electron chi connectivity index (χ3n) is 4.03. The van der Waals surface area contributed by atoms with Gasteiger partial charge in [-0.25, -0.2) is 0 Å². The number of hydrogen-bond acceptors (Lipinski definition) is 5. The molecule has 21 heavy (non-hydrogen) atoms. The Balaban J connectivity index is 2.10. The van der Waals surface area contributed by atoms with Crippen LogP contribution in [0.1, 0.15) is 26.2 Å². The van der Waals surface area contributed by atoms with Gasteiger partial charge >= 0.3 is 0 Å². The van der Waals surface area contributed by atoms with E-state index in [9.17, 15) is 10.1 Å². The highest BCUT2D eigenvalue weighted by atomic mass is 16.6. The van der Waals surface area contributed by atoms with Crippen molar-refractivity contribution in [2.45, 2.75) is 32.2 Å². The molecule has 0 saturated carbocycles. The van der Waals surface area contributed by atoms with Crippen molar-refractivity contribution < 1.29 is 9.66 Å². The number of anilines is 1. The summed E-state index contributed by atoms with van der Waals surface area (Å²) in [5.74, 6) is 0.505. The number of benzene rings is 1. The maximum atomic E-state index is 11.2. The minimum atomic E-state index is -0.361. The second-order valence-electron chi connectivity index (χ2n) is 5.35. The lowest BCUT2D eigenvalue weighted by atomic mass is 10.1. The molecule has 2 rings (SSSR count). The Morgan fingerprint density at radius 1 is 1.43 bits per heavy atom. The SMILES string of the molecule is CCN1CCCC(Nc2ccc(OC)cc2[N+](=O)[O-])CC1. The largest absolute Gasteiger partial charge is 0.496 e. The van der Waals surface area contributed by atoms with Gasteiger partial charge in [-0.2, -0.15) is 0 Å². The van der Waals surface area contributed by atoms with Crippen LogP contribution in [0.15, 0.2) is 18.2 Å². The van der Waals surface area contributed by atoms with Crippen LogP contribution in [0.2, 0.25) is 0 Å². The van der Waals surface area contributed by atoms with E-state index in [0.29, 0.717) is 11.4 Å². The highest BCUT2D eigenvalue weighted by Gasteiger charge is 2.20. The number of nitro groups is 1. The minimum absolute atomic E-state index is 0.0749. The second-order valence-corrected chi connectivity index (χ2v) is 5.35. The van der Waals surface area contributed by atoms with Crippen molar-refractivity contribution in [2.75, 3.05) is 32.1 Å². The van der Waals surface area contributed by atoms with Crippen LogP contribution >= 0.6 is 0 Å². The van der Waals surface area contributed by atoms with Crippen LogP contribution in [0.3, 0.4) is 0 Å². The molecular formula is C15H23N3O3. The van der Waals surface area contributed by atoms with Gasteiger partial charge in [-0.05, 0) is 44.5 Å². The molecule has 0 aliphatic carbocycles. The van der Waals surface area contributed by atoms with Crippen LogP contribution in [0.5, 0.6) is 5.75 Å². The summed E-state index contributed by atoms with van der Waals surface area (Å²) >= 11 is 0. The standard InChI is InChI=1S/C15H23N3O3/c1-3-17-9-4-5-12(8-10-17)16-14-7-6-13(21-2)11-15(14)18(19)20/h6-7,11-12,16H,3-5,8-10H2,1-2H3. The lowest BCUT2D eigenvalue weighted by Crippen LogP contribution is -2.26. The predicted octanol–water partition coefficient (Wildman–Crippen LogP) is 2.89. The molecule has 0 amide bonds. The van der Waals surface area contributed by atoms with Crippen LogP contribution in [-0.4, -0.2) is 42.6 Å². The zero-order valence-corrected chi connectivity index (χ0v) is 12.7. The third kappa shape index (κ3) is 4.07. The van der Waals surface area contributed by atoms with E-state index in [0.717, 1.165) is 38.9 Å². The normalized spacial score (nSPS) is 19.8. The summed E-state index contributed by atoms with van der Waals surface area (Å²) in [6, 6.07) is 5.25. The van der Waals surface area contributed by atoms with Gasteiger partial charge in [-0.15, -0.1) is 0 Å². The number of rotatable bonds is 5. The van der Waals surface area contributed by atoms with Crippen molar-refractivity contribution in [3.8, 4) is 5.75 Å². The second kappa shape index (κ2) is 7.26. The van der Waals surface area contributed by atoms with Gasteiger partial charge in [-0.3, -0.25) is 10.1 Å². The molecule has 1 aliphatic rings. The van der Waals surface area contributed by atoms with E-state index in [1.54, 1.807) is 12.1 Å². The monoisotopic (exact) mass is 293 g/mol. The van der Waals surface area contributed by atoms with Crippen molar-refractivity contribution in [1.29, 1.82) is 0 Å². The Hall–Kier alpha value is -1.82. The summed E-state index contributed by atoms with van der Waals surface area (Å²) in [4.78, 5) is 13.3. The fraction of sp³-hybridized carbons (Fsp3) is 0.600. The highest BCUT2D eigenvalue weighted by Crippen LogP contribution is 2.30. The molecular weight excluding hydrogens is 270 g/mol. The van der Waals surface area contributed by atoms with Gasteiger partial charge in [-0.1, -0.05) is 6.92 Å². The zero-order chi connectivity index (χ0) is 15.2. The summed E-state index contributed by atoms with van der Waals surface area (Å²) in [5, 5.41) is 14.5. The van der Waals surface area contributed by atoms with Gasteiger partial charge in [0.05, 0.1) is 18.1 Å². The molecule has 0 spiro atoms. The molecule has 1 aromatic rings. The molecule has 0 aromatic heterocycles. The fourth-order valence-corrected chi connectivity index (χ4v) is 2.75. The number of ether oxygens (including phenoxy) is 1. The number of likely N-dealkylation sites (tertiary alicyclic amines) is 1. The first-order valence-corrected chi connectivity index (χ1v) is 7.45. The summed E-state index contributed by atoms with van der Waals surface area (Å²) in [6.07, 6.45) is 3.17. The molecule has 1 fully saturated rings. The maximum Gasteiger partial charge on any atom is 0.296 e. The first-order chi connectivity index (χ1) is 10.1. The van der Waals surface area contributed by atoms with E-state index in [2.05, 4.69) is 17.1 Å². The van der Waals surface area contributed by atoms with Crippen molar-refractivity contribution in [2.24, 2.45) is 0 Å². The molecule has 1 atom stereocenters. The molecule has 1 unspecified atom stereocenters. The van der Waals surface area contributed by atoms with Crippen molar-refractivity contribution >= 4 is 11.4 Å². The molecule has 1 saturated heterocycles.